The molecule has 0 aromatic carbocycles. The minimum Gasteiger partial charge on any atom is -0.472 e. The second-order valence-electron chi connectivity index (χ2n) is 10.0. The molecule has 1 saturated heterocycles. The van der Waals surface area contributed by atoms with E-state index in [1.54, 1.807) is 11.6 Å². The van der Waals surface area contributed by atoms with Crippen molar-refractivity contribution in [3.8, 4) is 5.88 Å². The van der Waals surface area contributed by atoms with E-state index in [0.29, 0.717) is 31.9 Å². The third kappa shape index (κ3) is 5.79. The van der Waals surface area contributed by atoms with Crippen molar-refractivity contribution in [2.24, 2.45) is 0 Å². The summed E-state index contributed by atoms with van der Waals surface area (Å²) in [5.74, 6) is 0.101. The molecular formula is C20H37N3O5Si. The summed E-state index contributed by atoms with van der Waals surface area (Å²) in [6, 6.07) is 0.0664. The van der Waals surface area contributed by atoms with Gasteiger partial charge in [-0.3, -0.25) is 14.8 Å². The van der Waals surface area contributed by atoms with Gasteiger partial charge in [-0.2, -0.15) is 0 Å². The van der Waals surface area contributed by atoms with Gasteiger partial charge in [0.1, 0.15) is 5.69 Å². The van der Waals surface area contributed by atoms with Crippen LogP contribution in [0.25, 0.3) is 0 Å². The van der Waals surface area contributed by atoms with Crippen molar-refractivity contribution in [1.29, 1.82) is 0 Å². The van der Waals surface area contributed by atoms with Gasteiger partial charge in [-0.1, -0.05) is 20.8 Å². The van der Waals surface area contributed by atoms with Gasteiger partial charge in [0.2, 0.25) is 0 Å². The summed E-state index contributed by atoms with van der Waals surface area (Å²) >= 11 is 0. The molecule has 1 atom stereocenters. The fraction of sp³-hybridized carbons (Fsp3) is 0.850. The fourth-order valence-electron chi connectivity index (χ4n) is 3.33. The highest BCUT2D eigenvalue weighted by atomic mass is 28.4. The summed E-state index contributed by atoms with van der Waals surface area (Å²) in [5.41, 5.74) is 0.225. The lowest BCUT2D eigenvalue weighted by molar-refractivity contribution is -0.386. The first kappa shape index (κ1) is 23.8. The van der Waals surface area contributed by atoms with Crippen LogP contribution in [0.4, 0.5) is 5.69 Å². The molecule has 0 N–H and O–H groups in total. The number of nitro groups is 1. The molecule has 166 valence electrons. The van der Waals surface area contributed by atoms with E-state index in [9.17, 15) is 10.1 Å². The minimum atomic E-state index is -1.80. The first-order valence-electron chi connectivity index (χ1n) is 10.4. The maximum absolute atomic E-state index is 11.6. The molecule has 1 aliphatic rings. The number of hydrogen-bond donors (Lipinski definition) is 0. The maximum Gasteiger partial charge on any atom is 0.352 e. The van der Waals surface area contributed by atoms with E-state index in [1.165, 1.54) is 0 Å². The van der Waals surface area contributed by atoms with E-state index in [4.69, 9.17) is 13.9 Å². The van der Waals surface area contributed by atoms with Gasteiger partial charge >= 0.3 is 11.6 Å². The van der Waals surface area contributed by atoms with E-state index in [2.05, 4.69) is 39.0 Å². The highest BCUT2D eigenvalue weighted by Crippen LogP contribution is 2.38. The highest BCUT2D eigenvalue weighted by molar-refractivity contribution is 6.74. The van der Waals surface area contributed by atoms with Crippen molar-refractivity contribution in [3.63, 3.8) is 0 Å². The Labute approximate surface area is 175 Å². The summed E-state index contributed by atoms with van der Waals surface area (Å²) in [5, 5.41) is 16.2. The first-order chi connectivity index (χ1) is 13.3. The predicted octanol–water partition coefficient (Wildman–Crippen LogP) is 5.02. The molecule has 1 aromatic rings. The van der Waals surface area contributed by atoms with Gasteiger partial charge in [-0.15, -0.1) is 5.10 Å². The molecule has 0 saturated carbocycles. The van der Waals surface area contributed by atoms with Crippen LogP contribution in [0.5, 0.6) is 5.88 Å². The Bertz CT molecular complexity index is 724. The molecule has 1 fully saturated rings. The Morgan fingerprint density at radius 3 is 2.55 bits per heavy atom. The van der Waals surface area contributed by atoms with E-state index >= 15 is 0 Å². The Morgan fingerprint density at radius 2 is 2.00 bits per heavy atom. The molecule has 9 heteroatoms. The van der Waals surface area contributed by atoms with Crippen LogP contribution in [0.2, 0.25) is 18.1 Å². The lowest BCUT2D eigenvalue weighted by atomic mass is 9.94. The minimum absolute atomic E-state index is 0.0420. The summed E-state index contributed by atoms with van der Waals surface area (Å²) in [4.78, 5) is 11.2. The Balaban J connectivity index is 2.03. The van der Waals surface area contributed by atoms with E-state index in [0.717, 1.165) is 12.8 Å². The average Bonchev–Trinajstić information content (AvgIpc) is 2.89. The lowest BCUT2D eigenvalue weighted by Gasteiger charge is -2.36. The number of ether oxygens (including phenoxy) is 2. The van der Waals surface area contributed by atoms with Gasteiger partial charge in [-0.05, 0) is 51.7 Å². The van der Waals surface area contributed by atoms with Crippen molar-refractivity contribution < 1.29 is 18.8 Å². The lowest BCUT2D eigenvalue weighted by Crippen LogP contribution is -2.41. The molecule has 0 radical (unpaired) electrons. The zero-order valence-corrected chi connectivity index (χ0v) is 20.2. The normalized spacial score (nSPS) is 19.9. The van der Waals surface area contributed by atoms with Crippen molar-refractivity contribution in [2.75, 3.05) is 19.8 Å². The zero-order valence-electron chi connectivity index (χ0n) is 19.2. The standard InChI is InChI=1S/C20H37N3O5Si/c1-15-17(23(24)25)18(21-22(15)16-10-13-27-20(5,6)14-16)26-11-9-12-28-29(7,8)19(2,3)4/h16H,9-14H2,1-8H3. The highest BCUT2D eigenvalue weighted by Gasteiger charge is 2.37. The van der Waals surface area contributed by atoms with Gasteiger partial charge < -0.3 is 13.9 Å². The van der Waals surface area contributed by atoms with Gasteiger partial charge in [0.25, 0.3) is 0 Å². The summed E-state index contributed by atoms with van der Waals surface area (Å²) < 4.78 is 19.4. The molecule has 8 nitrogen and oxygen atoms in total. The van der Waals surface area contributed by atoms with E-state index in [1.807, 2.05) is 13.8 Å². The molecule has 0 amide bonds. The zero-order chi connectivity index (χ0) is 22.0. The number of nitrogens with zero attached hydrogens (tertiary/aromatic N) is 3. The van der Waals surface area contributed by atoms with E-state index < -0.39 is 13.2 Å². The van der Waals surface area contributed by atoms with Crippen LogP contribution in [-0.2, 0) is 9.16 Å². The smallest absolute Gasteiger partial charge is 0.352 e. The first-order valence-corrected chi connectivity index (χ1v) is 13.3. The number of hydrogen-bond acceptors (Lipinski definition) is 6. The molecule has 2 heterocycles. The predicted molar refractivity (Wildman–Crippen MR) is 115 cm³/mol. The average molecular weight is 428 g/mol. The number of aromatic nitrogens is 2. The third-order valence-corrected chi connectivity index (χ3v) is 10.6. The molecule has 0 spiro atoms. The number of rotatable bonds is 8. The van der Waals surface area contributed by atoms with Crippen molar-refractivity contribution in [3.05, 3.63) is 15.8 Å². The SMILES string of the molecule is Cc1c([N+](=O)[O-])c(OCCCO[Si](C)(C)C(C)(C)C)nn1C1CCOC(C)(C)C1. The Kier molecular flexibility index (Phi) is 7.17. The van der Waals surface area contributed by atoms with Crippen LogP contribution in [0.1, 0.15) is 65.6 Å². The molecule has 1 aromatic heterocycles. The van der Waals surface area contributed by atoms with Crippen LogP contribution in [0.15, 0.2) is 0 Å². The second-order valence-corrected chi connectivity index (χ2v) is 14.8. The second kappa shape index (κ2) is 8.73. The van der Waals surface area contributed by atoms with Crippen molar-refractivity contribution >= 4 is 14.0 Å². The van der Waals surface area contributed by atoms with Crippen molar-refractivity contribution in [2.45, 2.75) is 90.6 Å². The molecule has 2 rings (SSSR count). The quantitative estimate of drug-likeness (QED) is 0.250. The third-order valence-electron chi connectivity index (χ3n) is 6.08. The van der Waals surface area contributed by atoms with Crippen LogP contribution < -0.4 is 4.74 Å². The molecule has 1 unspecified atom stereocenters. The van der Waals surface area contributed by atoms with Crippen molar-refractivity contribution in [1.82, 2.24) is 9.78 Å². The largest absolute Gasteiger partial charge is 0.472 e. The summed E-state index contributed by atoms with van der Waals surface area (Å²) in [6.45, 7) is 18.4. The Hall–Kier alpha value is -1.45. The van der Waals surface area contributed by atoms with Gasteiger partial charge in [0.15, 0.2) is 8.32 Å². The maximum atomic E-state index is 11.6. The molecule has 1 aliphatic heterocycles. The van der Waals surface area contributed by atoms with Gasteiger partial charge in [-0.25, -0.2) is 0 Å². The monoisotopic (exact) mass is 427 g/mol. The molecule has 0 bridgehead atoms. The summed E-state index contributed by atoms with van der Waals surface area (Å²) in [6.07, 6.45) is 2.20. The topological polar surface area (TPSA) is 88.7 Å². The van der Waals surface area contributed by atoms with E-state index in [-0.39, 0.29) is 28.2 Å². The van der Waals surface area contributed by atoms with Crippen LogP contribution >= 0.6 is 0 Å². The summed E-state index contributed by atoms with van der Waals surface area (Å²) in [7, 11) is -1.80. The van der Waals surface area contributed by atoms with Crippen LogP contribution in [-0.4, -0.2) is 48.4 Å². The van der Waals surface area contributed by atoms with Gasteiger partial charge in [0, 0.05) is 19.6 Å². The van der Waals surface area contributed by atoms with Crippen LogP contribution in [0.3, 0.4) is 0 Å². The molecular weight excluding hydrogens is 390 g/mol. The van der Waals surface area contributed by atoms with Crippen LogP contribution in [0, 0.1) is 17.0 Å². The Morgan fingerprint density at radius 1 is 1.34 bits per heavy atom. The van der Waals surface area contributed by atoms with Gasteiger partial charge in [0.05, 0.1) is 23.2 Å². The molecule has 0 aliphatic carbocycles. The molecule has 29 heavy (non-hydrogen) atoms. The fourth-order valence-corrected chi connectivity index (χ4v) is 4.41.